The van der Waals surface area contributed by atoms with Crippen LogP contribution >= 0.6 is 11.6 Å². The predicted octanol–water partition coefficient (Wildman–Crippen LogP) is 3.40. The summed E-state index contributed by atoms with van der Waals surface area (Å²) in [7, 11) is 0. The van der Waals surface area contributed by atoms with Crippen LogP contribution in [0.1, 0.15) is 5.56 Å². The van der Waals surface area contributed by atoms with Gasteiger partial charge in [0.1, 0.15) is 0 Å². The second-order valence-corrected chi connectivity index (χ2v) is 3.13. The van der Waals surface area contributed by atoms with Crippen molar-refractivity contribution in [2.75, 3.05) is 0 Å². The largest absolute Gasteiger partial charge is 0.454 e. The summed E-state index contributed by atoms with van der Waals surface area (Å²) in [5, 5.41) is -0.224. The molecule has 1 rings (SSSR count). The lowest BCUT2D eigenvalue weighted by molar-refractivity contribution is -0.165. The van der Waals surface area contributed by atoms with Crippen molar-refractivity contribution in [3.8, 4) is 0 Å². The first kappa shape index (κ1) is 11.8. The number of allylic oxidation sites excluding steroid dienone is 1. The number of halogens is 4. The van der Waals surface area contributed by atoms with E-state index in [-0.39, 0.29) is 5.03 Å². The Morgan fingerprint density at radius 1 is 1.20 bits per heavy atom. The summed E-state index contributed by atoms with van der Waals surface area (Å²) in [5.41, 5.74) is 0.372. The van der Waals surface area contributed by atoms with E-state index in [9.17, 15) is 18.0 Å². The second kappa shape index (κ2) is 4.49. The Morgan fingerprint density at radius 2 is 1.73 bits per heavy atom. The van der Waals surface area contributed by atoms with Crippen LogP contribution in [0.25, 0.3) is 5.03 Å². The van der Waals surface area contributed by atoms with Crippen LogP contribution in [-0.2, 0) is 4.79 Å². The van der Waals surface area contributed by atoms with Crippen molar-refractivity contribution in [1.82, 2.24) is 0 Å². The normalized spacial score (nSPS) is 12.7. The van der Waals surface area contributed by atoms with Crippen LogP contribution in [0.3, 0.4) is 0 Å². The minimum Gasteiger partial charge on any atom is -0.285 e. The highest BCUT2D eigenvalue weighted by Crippen LogP contribution is 2.23. The van der Waals surface area contributed by atoms with Crippen molar-refractivity contribution in [3.05, 3.63) is 42.0 Å². The molecule has 0 heterocycles. The van der Waals surface area contributed by atoms with Crippen LogP contribution in [0.15, 0.2) is 36.4 Å². The third-order valence-electron chi connectivity index (χ3n) is 1.59. The highest BCUT2D eigenvalue weighted by molar-refractivity contribution is 6.50. The first-order valence-corrected chi connectivity index (χ1v) is 4.33. The molecule has 0 bridgehead atoms. The fraction of sp³-hybridized carbons (Fsp3) is 0.100. The molecule has 5 heteroatoms. The minimum atomic E-state index is -4.88. The molecule has 0 spiro atoms. The van der Waals surface area contributed by atoms with Gasteiger partial charge in [0.2, 0.25) is 0 Å². The lowest BCUT2D eigenvalue weighted by Gasteiger charge is -2.02. The Kier molecular flexibility index (Phi) is 3.52. The predicted molar refractivity (Wildman–Crippen MR) is 51.3 cm³/mol. The second-order valence-electron chi connectivity index (χ2n) is 2.72. The quantitative estimate of drug-likeness (QED) is 0.717. The van der Waals surface area contributed by atoms with Crippen molar-refractivity contribution >= 4 is 22.4 Å². The number of carbonyl (C=O) groups is 1. The molecule has 0 amide bonds. The van der Waals surface area contributed by atoms with Gasteiger partial charge in [-0.15, -0.1) is 0 Å². The molecule has 0 fully saturated rings. The van der Waals surface area contributed by atoms with Gasteiger partial charge in [-0.1, -0.05) is 41.9 Å². The SMILES string of the molecule is O=C(/C=C(\Cl)c1ccccc1)C(F)(F)F. The number of carbonyl (C=O) groups excluding carboxylic acids is 1. The van der Waals surface area contributed by atoms with Crippen LogP contribution < -0.4 is 0 Å². The van der Waals surface area contributed by atoms with Gasteiger partial charge in [-0.3, -0.25) is 4.79 Å². The van der Waals surface area contributed by atoms with Gasteiger partial charge in [0.15, 0.2) is 0 Å². The molecule has 0 unspecified atom stereocenters. The number of hydrogen-bond acceptors (Lipinski definition) is 1. The van der Waals surface area contributed by atoms with Crippen molar-refractivity contribution in [3.63, 3.8) is 0 Å². The van der Waals surface area contributed by atoms with E-state index in [0.717, 1.165) is 0 Å². The molecule has 80 valence electrons. The highest BCUT2D eigenvalue weighted by atomic mass is 35.5. The standard InChI is InChI=1S/C10H6ClF3O/c11-8(6-9(15)10(12,13)14)7-4-2-1-3-5-7/h1-6H/b8-6-. The summed E-state index contributed by atoms with van der Waals surface area (Å²) in [6, 6.07) is 7.96. The first-order chi connectivity index (χ1) is 6.91. The molecule has 0 aromatic heterocycles. The lowest BCUT2D eigenvalue weighted by atomic mass is 10.2. The van der Waals surface area contributed by atoms with Gasteiger partial charge in [0.05, 0.1) is 5.03 Å². The van der Waals surface area contributed by atoms with Gasteiger partial charge in [-0.2, -0.15) is 13.2 Å². The van der Waals surface area contributed by atoms with Crippen molar-refractivity contribution in [2.24, 2.45) is 0 Å². The molecule has 1 aromatic rings. The van der Waals surface area contributed by atoms with Crippen molar-refractivity contribution in [1.29, 1.82) is 0 Å². The molecule has 1 aromatic carbocycles. The van der Waals surface area contributed by atoms with E-state index in [1.165, 1.54) is 12.1 Å². The van der Waals surface area contributed by atoms with Crippen LogP contribution in [0.5, 0.6) is 0 Å². The monoisotopic (exact) mass is 234 g/mol. The minimum absolute atomic E-state index is 0.224. The highest BCUT2D eigenvalue weighted by Gasteiger charge is 2.36. The molecule has 1 nitrogen and oxygen atoms in total. The molecule has 0 aliphatic rings. The number of benzene rings is 1. The molecule has 0 saturated carbocycles. The van der Waals surface area contributed by atoms with Crippen molar-refractivity contribution in [2.45, 2.75) is 6.18 Å². The van der Waals surface area contributed by atoms with Gasteiger partial charge >= 0.3 is 6.18 Å². The number of alkyl halides is 3. The zero-order valence-electron chi connectivity index (χ0n) is 7.38. The van der Waals surface area contributed by atoms with Gasteiger partial charge in [-0.25, -0.2) is 0 Å². The maximum absolute atomic E-state index is 11.9. The average Bonchev–Trinajstić information content (AvgIpc) is 2.17. The van der Waals surface area contributed by atoms with Crippen LogP contribution in [0, 0.1) is 0 Å². The third-order valence-corrected chi connectivity index (χ3v) is 1.91. The number of rotatable bonds is 2. The lowest BCUT2D eigenvalue weighted by Crippen LogP contribution is -2.20. The van der Waals surface area contributed by atoms with E-state index in [1.54, 1.807) is 18.2 Å². The Balaban J connectivity index is 2.91. The van der Waals surface area contributed by atoms with Crippen LogP contribution in [0.4, 0.5) is 13.2 Å². The summed E-state index contributed by atoms with van der Waals surface area (Å²) >= 11 is 5.55. The summed E-state index contributed by atoms with van der Waals surface area (Å²) in [6.07, 6.45) is -4.51. The zero-order valence-corrected chi connectivity index (χ0v) is 8.14. The Labute approximate surface area is 89.2 Å². The number of ketones is 1. The fourth-order valence-electron chi connectivity index (χ4n) is 0.878. The van der Waals surface area contributed by atoms with E-state index in [1.807, 2.05) is 0 Å². The molecule has 0 saturated heterocycles. The summed E-state index contributed by atoms with van der Waals surface area (Å²) < 4.78 is 35.6. The molecule has 15 heavy (non-hydrogen) atoms. The van der Waals surface area contributed by atoms with E-state index >= 15 is 0 Å². The maximum Gasteiger partial charge on any atom is 0.454 e. The summed E-state index contributed by atoms with van der Waals surface area (Å²) in [6.45, 7) is 0. The molecule has 0 aliphatic carbocycles. The molecule has 0 aliphatic heterocycles. The first-order valence-electron chi connectivity index (χ1n) is 3.95. The zero-order chi connectivity index (χ0) is 11.5. The molecular weight excluding hydrogens is 229 g/mol. The van der Waals surface area contributed by atoms with Gasteiger partial charge in [-0.05, 0) is 5.56 Å². The smallest absolute Gasteiger partial charge is 0.285 e. The van der Waals surface area contributed by atoms with Crippen LogP contribution in [-0.4, -0.2) is 12.0 Å². The van der Waals surface area contributed by atoms with Crippen LogP contribution in [0.2, 0.25) is 0 Å². The average molecular weight is 235 g/mol. The third kappa shape index (κ3) is 3.40. The summed E-state index contributed by atoms with van der Waals surface area (Å²) in [5.74, 6) is -1.96. The van der Waals surface area contributed by atoms with E-state index < -0.39 is 12.0 Å². The molecule has 0 atom stereocenters. The molecule has 0 radical (unpaired) electrons. The van der Waals surface area contributed by atoms with Gasteiger partial charge < -0.3 is 0 Å². The fourth-order valence-corrected chi connectivity index (χ4v) is 1.10. The topological polar surface area (TPSA) is 17.1 Å². The van der Waals surface area contributed by atoms with E-state index in [0.29, 0.717) is 11.6 Å². The molecular formula is C10H6ClF3O. The maximum atomic E-state index is 11.9. The van der Waals surface area contributed by atoms with Gasteiger partial charge in [0, 0.05) is 6.08 Å². The Morgan fingerprint density at radius 3 is 2.20 bits per heavy atom. The summed E-state index contributed by atoms with van der Waals surface area (Å²) in [4.78, 5) is 10.6. The number of hydrogen-bond donors (Lipinski definition) is 0. The van der Waals surface area contributed by atoms with E-state index in [2.05, 4.69) is 0 Å². The van der Waals surface area contributed by atoms with E-state index in [4.69, 9.17) is 11.6 Å². The molecule has 0 N–H and O–H groups in total. The Hall–Kier alpha value is -1.29. The van der Waals surface area contributed by atoms with Crippen molar-refractivity contribution < 1.29 is 18.0 Å². The Bertz CT molecular complexity index is 381. The van der Waals surface area contributed by atoms with Gasteiger partial charge in [0.25, 0.3) is 5.78 Å².